The fraction of sp³-hybridized carbons (Fsp3) is 0.164. The van der Waals surface area contributed by atoms with E-state index in [1.807, 2.05) is 0 Å². The van der Waals surface area contributed by atoms with E-state index in [-0.39, 0.29) is 52.5 Å². The van der Waals surface area contributed by atoms with Gasteiger partial charge in [-0.05, 0) is 160 Å². The molecule has 6 aromatic carbocycles. The van der Waals surface area contributed by atoms with Gasteiger partial charge in [0.15, 0.2) is 0 Å². The number of carbonyl (C=O) groups is 2. The molecule has 0 atom stereocenters. The molecule has 73 heavy (non-hydrogen) atoms. The molecule has 0 amide bonds. The van der Waals surface area contributed by atoms with Gasteiger partial charge in [0.25, 0.3) is 0 Å². The van der Waals surface area contributed by atoms with E-state index in [0.29, 0.717) is 63.0 Å². The summed E-state index contributed by atoms with van der Waals surface area (Å²) in [6, 6.07) is 28.3. The van der Waals surface area contributed by atoms with Gasteiger partial charge in [0.05, 0.1) is 40.8 Å². The van der Waals surface area contributed by atoms with Gasteiger partial charge >= 0.3 is 24.3 Å². The molecule has 8 aromatic rings. The lowest BCUT2D eigenvalue weighted by Crippen LogP contribution is -2.08. The van der Waals surface area contributed by atoms with Gasteiger partial charge in [0.2, 0.25) is 0 Å². The number of hydrogen-bond acceptors (Lipinski definition) is 5. The van der Waals surface area contributed by atoms with Crippen molar-refractivity contribution < 1.29 is 72.8 Å². The van der Waals surface area contributed by atoms with E-state index in [1.54, 1.807) is 91.4 Å². The van der Waals surface area contributed by atoms with E-state index >= 15 is 0 Å². The highest BCUT2D eigenvalue weighted by Crippen LogP contribution is 2.41. The highest BCUT2D eigenvalue weighted by molar-refractivity contribution is 5.91. The molecule has 378 valence electrons. The Labute approximate surface area is 411 Å². The minimum atomic E-state index is -4.62. The average Bonchev–Trinajstić information content (AvgIpc) is 3.91. The first-order chi connectivity index (χ1) is 34.4. The van der Waals surface area contributed by atoms with Gasteiger partial charge in [-0.2, -0.15) is 26.3 Å². The largest absolute Gasteiger partial charge is 0.488 e. The molecule has 0 aliphatic rings. The fourth-order valence-corrected chi connectivity index (χ4v) is 7.99. The zero-order valence-electron chi connectivity index (χ0n) is 39.3. The van der Waals surface area contributed by atoms with Crippen LogP contribution in [0.3, 0.4) is 0 Å². The lowest BCUT2D eigenvalue weighted by Gasteiger charge is -2.18. The molecule has 0 fully saturated rings. The third-order valence-electron chi connectivity index (χ3n) is 11.7. The van der Waals surface area contributed by atoms with Crippen LogP contribution in [0.5, 0.6) is 11.5 Å². The number of carboxylic acid groups (broad SMARTS) is 1. The lowest BCUT2D eigenvalue weighted by molar-refractivity contribution is -0.138. The van der Waals surface area contributed by atoms with Crippen LogP contribution >= 0.6 is 0 Å². The Hall–Kier alpha value is -8.28. The van der Waals surface area contributed by atoms with Crippen LogP contribution in [-0.2, 0) is 30.3 Å². The molecule has 0 saturated carbocycles. The standard InChI is InChI=1S/C28H22F5NO3.C27H20F5NO3/c1-16-12-21(8-9-22(16)27(35)36-3)34-17(2)4-10-25(34)23-13-19(28(31,32)33)6-11-26(23)37-15-18-5-7-20(29)14-24(18)30;1-15-11-20(7-8-21(15)26(34)35)33-16(2)3-9-24(33)22-12-18(27(30,31)32)5-10-25(22)36-14-17-4-6-19(28)13-23(17)29/h4-14H,15H2,1-3H3;3-13H,14H2,1-2H3,(H,34,35). The van der Waals surface area contributed by atoms with Crippen molar-refractivity contribution >= 4 is 11.9 Å². The maximum atomic E-state index is 14.1. The topological polar surface area (TPSA) is 91.9 Å². The fourth-order valence-electron chi connectivity index (χ4n) is 7.99. The van der Waals surface area contributed by atoms with E-state index in [0.717, 1.165) is 42.5 Å². The van der Waals surface area contributed by atoms with E-state index in [9.17, 15) is 58.6 Å². The van der Waals surface area contributed by atoms with Gasteiger partial charge in [-0.1, -0.05) is 0 Å². The first kappa shape index (κ1) is 52.5. The number of carbonyl (C=O) groups excluding carboxylic acids is 1. The highest BCUT2D eigenvalue weighted by Gasteiger charge is 2.33. The number of rotatable bonds is 12. The third kappa shape index (κ3) is 11.8. The average molecular weight is 1020 g/mol. The van der Waals surface area contributed by atoms with Crippen LogP contribution in [0, 0.1) is 51.0 Å². The van der Waals surface area contributed by atoms with Gasteiger partial charge in [-0.15, -0.1) is 0 Å². The summed E-state index contributed by atoms with van der Waals surface area (Å²) in [6.07, 6.45) is -9.23. The minimum Gasteiger partial charge on any atom is -0.488 e. The Bertz CT molecular complexity index is 3370. The highest BCUT2D eigenvalue weighted by atomic mass is 19.4. The van der Waals surface area contributed by atoms with Crippen molar-refractivity contribution in [2.24, 2.45) is 0 Å². The monoisotopic (exact) mass is 1020 g/mol. The summed E-state index contributed by atoms with van der Waals surface area (Å²) in [5.41, 5.74) is 3.39. The maximum Gasteiger partial charge on any atom is 0.416 e. The molecule has 2 aromatic heterocycles. The number of hydrogen-bond donors (Lipinski definition) is 1. The number of halogens is 10. The molecule has 0 spiro atoms. The number of benzene rings is 6. The molecule has 0 bridgehead atoms. The molecule has 2 heterocycles. The molecule has 0 aliphatic carbocycles. The predicted octanol–water partition coefficient (Wildman–Crippen LogP) is 14.8. The molecule has 0 saturated heterocycles. The summed E-state index contributed by atoms with van der Waals surface area (Å²) < 4.78 is 156. The van der Waals surface area contributed by atoms with Crippen molar-refractivity contribution in [2.45, 2.75) is 53.3 Å². The van der Waals surface area contributed by atoms with Crippen LogP contribution in [0.1, 0.15) is 65.5 Å². The van der Waals surface area contributed by atoms with Crippen LogP contribution in [0.15, 0.2) is 133 Å². The normalized spacial score (nSPS) is 11.5. The summed E-state index contributed by atoms with van der Waals surface area (Å²) in [7, 11) is 1.27. The lowest BCUT2D eigenvalue weighted by atomic mass is 10.0. The van der Waals surface area contributed by atoms with Gasteiger partial charge in [0, 0.05) is 57.1 Å². The first-order valence-electron chi connectivity index (χ1n) is 21.9. The molecule has 1 N–H and O–H groups in total. The summed E-state index contributed by atoms with van der Waals surface area (Å²) in [5, 5.41) is 9.33. The maximum absolute atomic E-state index is 14.1. The molecule has 0 aliphatic heterocycles. The van der Waals surface area contributed by atoms with Gasteiger partial charge < -0.3 is 28.5 Å². The molecule has 8 rings (SSSR count). The Morgan fingerprint density at radius 1 is 0.507 bits per heavy atom. The molecule has 0 radical (unpaired) electrons. The number of esters is 1. The van der Waals surface area contributed by atoms with Crippen LogP contribution in [-0.4, -0.2) is 33.3 Å². The molecule has 8 nitrogen and oxygen atoms in total. The Balaban J connectivity index is 0.000000214. The summed E-state index contributed by atoms with van der Waals surface area (Å²) >= 11 is 0. The van der Waals surface area contributed by atoms with Crippen molar-refractivity contribution in [1.82, 2.24) is 9.13 Å². The Morgan fingerprint density at radius 2 is 0.918 bits per heavy atom. The number of aromatic carboxylic acids is 1. The zero-order valence-corrected chi connectivity index (χ0v) is 39.3. The number of methoxy groups -OCH3 is 1. The van der Waals surface area contributed by atoms with E-state index in [2.05, 4.69) is 0 Å². The predicted molar refractivity (Wildman–Crippen MR) is 251 cm³/mol. The minimum absolute atomic E-state index is 0.0358. The molecular weight excluding hydrogens is 975 g/mol. The van der Waals surface area contributed by atoms with E-state index in [4.69, 9.17) is 14.2 Å². The smallest absolute Gasteiger partial charge is 0.416 e. The van der Waals surface area contributed by atoms with E-state index < -0.39 is 58.7 Å². The number of aryl methyl sites for hydroxylation is 4. The van der Waals surface area contributed by atoms with Gasteiger partial charge in [0.1, 0.15) is 48.0 Å². The second-order valence-electron chi connectivity index (χ2n) is 16.7. The number of aromatic nitrogens is 2. The van der Waals surface area contributed by atoms with Crippen LogP contribution in [0.25, 0.3) is 33.9 Å². The SMILES string of the molecule is COC(=O)c1ccc(-n2c(C)ccc2-c2cc(C(F)(F)F)ccc2OCc2ccc(F)cc2F)cc1C.Cc1cc(-n2c(C)ccc2-c2cc(C(F)(F)F)ccc2OCc2ccc(F)cc2F)ccc1C(=O)O. The second-order valence-corrected chi connectivity index (χ2v) is 16.7. The number of carboxylic acids is 1. The van der Waals surface area contributed by atoms with Crippen molar-refractivity contribution in [3.63, 3.8) is 0 Å². The van der Waals surface area contributed by atoms with Crippen LogP contribution in [0.2, 0.25) is 0 Å². The number of nitrogens with zero attached hydrogens (tertiary/aromatic N) is 2. The van der Waals surface area contributed by atoms with Crippen molar-refractivity contribution in [1.29, 1.82) is 0 Å². The quantitative estimate of drug-likeness (QED) is 0.0968. The summed E-state index contributed by atoms with van der Waals surface area (Å²) in [6.45, 7) is 6.24. The number of alkyl halides is 6. The van der Waals surface area contributed by atoms with Gasteiger partial charge in [-0.3, -0.25) is 0 Å². The van der Waals surface area contributed by atoms with E-state index in [1.165, 1.54) is 31.4 Å². The molecule has 0 unspecified atom stereocenters. The van der Waals surface area contributed by atoms with Crippen molar-refractivity contribution in [3.05, 3.63) is 213 Å². The second kappa shape index (κ2) is 21.2. The zero-order chi connectivity index (χ0) is 53.1. The Kier molecular flexibility index (Phi) is 15.3. The van der Waals surface area contributed by atoms with Crippen molar-refractivity contribution in [3.8, 4) is 45.4 Å². The molecule has 18 heteroatoms. The van der Waals surface area contributed by atoms with Crippen molar-refractivity contribution in [2.75, 3.05) is 7.11 Å². The summed E-state index contributed by atoms with van der Waals surface area (Å²) in [5.74, 6) is -4.63. The van der Waals surface area contributed by atoms with Crippen LogP contribution in [0.4, 0.5) is 43.9 Å². The third-order valence-corrected chi connectivity index (χ3v) is 11.7. The Morgan fingerprint density at radius 3 is 1.27 bits per heavy atom. The first-order valence-corrected chi connectivity index (χ1v) is 21.9. The van der Waals surface area contributed by atoms with Crippen LogP contribution < -0.4 is 9.47 Å². The summed E-state index contributed by atoms with van der Waals surface area (Å²) in [4.78, 5) is 23.4. The number of ether oxygens (including phenoxy) is 3. The molecular formula is C55H42F10N2O6. The van der Waals surface area contributed by atoms with Gasteiger partial charge in [-0.25, -0.2) is 27.2 Å².